The van der Waals surface area contributed by atoms with Crippen LogP contribution in [-0.4, -0.2) is 96.7 Å². The zero-order chi connectivity index (χ0) is 74.8. The van der Waals surface area contributed by atoms with Crippen molar-refractivity contribution in [3.63, 3.8) is 0 Å². The average Bonchev–Trinajstić information content (AvgIpc) is 0.988. The second kappa shape index (κ2) is 75.9. The zero-order valence-electron chi connectivity index (χ0n) is 66.8. The maximum atomic E-state index is 13.1. The third-order valence-corrected chi connectivity index (χ3v) is 21.4. The third-order valence-electron chi connectivity index (χ3n) is 19.5. The molecule has 0 aliphatic carbocycles. The highest BCUT2D eigenvalue weighted by Crippen LogP contribution is 2.45. The molecule has 3 N–H and O–H groups in total. The Labute approximate surface area is 626 Å². The molecule has 17 nitrogen and oxygen atoms in total. The van der Waals surface area contributed by atoms with E-state index < -0.39 is 97.5 Å². The van der Waals surface area contributed by atoms with E-state index in [-0.39, 0.29) is 25.7 Å². The minimum atomic E-state index is -4.96. The highest BCUT2D eigenvalue weighted by atomic mass is 31.2. The van der Waals surface area contributed by atoms with Crippen LogP contribution in [0.25, 0.3) is 0 Å². The Balaban J connectivity index is 5.16. The molecule has 0 aliphatic rings. The molecule has 19 heteroatoms. The van der Waals surface area contributed by atoms with Crippen molar-refractivity contribution in [3.8, 4) is 0 Å². The molecule has 0 rings (SSSR count). The smallest absolute Gasteiger partial charge is 0.462 e. The summed E-state index contributed by atoms with van der Waals surface area (Å²) in [7, 11) is -9.91. The number of esters is 4. The Kier molecular flexibility index (Phi) is 74.4. The molecule has 5 atom stereocenters. The molecule has 0 aliphatic heterocycles. The predicted octanol–water partition coefficient (Wildman–Crippen LogP) is 25.2. The van der Waals surface area contributed by atoms with Crippen LogP contribution >= 0.6 is 15.6 Å². The van der Waals surface area contributed by atoms with E-state index in [9.17, 15) is 43.2 Å². The van der Waals surface area contributed by atoms with Gasteiger partial charge in [-0.2, -0.15) is 0 Å². The van der Waals surface area contributed by atoms with Crippen molar-refractivity contribution in [2.75, 3.05) is 39.6 Å². The normalized spacial score (nSPS) is 13.8. The number of phosphoric ester groups is 2. The first-order valence-corrected chi connectivity index (χ1v) is 46.1. The maximum Gasteiger partial charge on any atom is 0.472 e. The van der Waals surface area contributed by atoms with Gasteiger partial charge in [0, 0.05) is 25.7 Å². The third kappa shape index (κ3) is 76.3. The van der Waals surface area contributed by atoms with Gasteiger partial charge >= 0.3 is 39.5 Å². The molecule has 0 aromatic carbocycles. The molecule has 0 fully saturated rings. The molecular weight excluding hydrogens is 1330 g/mol. The monoisotopic (exact) mass is 1490 g/mol. The summed E-state index contributed by atoms with van der Waals surface area (Å²) >= 11 is 0. The van der Waals surface area contributed by atoms with Crippen LogP contribution in [-0.2, 0) is 65.4 Å². The lowest BCUT2D eigenvalue weighted by atomic mass is 10.0. The molecule has 606 valence electrons. The fourth-order valence-corrected chi connectivity index (χ4v) is 14.5. The van der Waals surface area contributed by atoms with Crippen molar-refractivity contribution in [3.05, 3.63) is 0 Å². The first-order valence-electron chi connectivity index (χ1n) is 43.1. The molecule has 0 bridgehead atoms. The Bertz CT molecular complexity index is 1940. The van der Waals surface area contributed by atoms with Gasteiger partial charge in [0.1, 0.15) is 19.3 Å². The van der Waals surface area contributed by atoms with E-state index in [0.717, 1.165) is 109 Å². The van der Waals surface area contributed by atoms with Gasteiger partial charge in [-0.3, -0.25) is 37.3 Å². The minimum absolute atomic E-state index is 0.108. The highest BCUT2D eigenvalue weighted by Gasteiger charge is 2.30. The summed E-state index contributed by atoms with van der Waals surface area (Å²) in [5.74, 6) is -1.30. The Morgan fingerprint density at radius 1 is 0.265 bits per heavy atom. The second-order valence-electron chi connectivity index (χ2n) is 30.3. The minimum Gasteiger partial charge on any atom is -0.462 e. The molecule has 0 saturated heterocycles. The van der Waals surface area contributed by atoms with Crippen LogP contribution in [0, 0.1) is 5.92 Å². The van der Waals surface area contributed by atoms with Gasteiger partial charge in [0.15, 0.2) is 12.2 Å². The van der Waals surface area contributed by atoms with Crippen LogP contribution in [0.3, 0.4) is 0 Å². The summed E-state index contributed by atoms with van der Waals surface area (Å²) in [6, 6.07) is 0. The lowest BCUT2D eigenvalue weighted by molar-refractivity contribution is -0.161. The van der Waals surface area contributed by atoms with Gasteiger partial charge in [-0.25, -0.2) is 9.13 Å². The number of aliphatic hydroxyl groups excluding tert-OH is 1. The van der Waals surface area contributed by atoms with E-state index in [0.29, 0.717) is 25.7 Å². The highest BCUT2D eigenvalue weighted by molar-refractivity contribution is 7.47. The lowest BCUT2D eigenvalue weighted by Gasteiger charge is -2.21. The number of ether oxygens (including phenoxy) is 4. The predicted molar refractivity (Wildman–Crippen MR) is 418 cm³/mol. The summed E-state index contributed by atoms with van der Waals surface area (Å²) in [4.78, 5) is 72.9. The Hall–Kier alpha value is -1.94. The fraction of sp³-hybridized carbons (Fsp3) is 0.952. The lowest BCUT2D eigenvalue weighted by Crippen LogP contribution is -2.30. The number of rotatable bonds is 83. The first kappa shape index (κ1) is 100. The molecule has 0 saturated carbocycles. The molecule has 0 heterocycles. The average molecular weight is 1490 g/mol. The summed E-state index contributed by atoms with van der Waals surface area (Å²) in [5, 5.41) is 10.6. The summed E-state index contributed by atoms with van der Waals surface area (Å²) in [6.07, 6.45) is 68.3. The Morgan fingerprint density at radius 2 is 0.451 bits per heavy atom. The van der Waals surface area contributed by atoms with Gasteiger partial charge in [-0.15, -0.1) is 0 Å². The number of aliphatic hydroxyl groups is 1. The zero-order valence-corrected chi connectivity index (χ0v) is 68.5. The molecule has 0 radical (unpaired) electrons. The maximum absolute atomic E-state index is 13.1. The Morgan fingerprint density at radius 3 is 0.667 bits per heavy atom. The number of hydrogen-bond donors (Lipinski definition) is 3. The summed E-state index contributed by atoms with van der Waals surface area (Å²) < 4.78 is 68.6. The first-order chi connectivity index (χ1) is 49.5. The van der Waals surface area contributed by atoms with Gasteiger partial charge in [0.25, 0.3) is 0 Å². The van der Waals surface area contributed by atoms with Crippen LogP contribution in [0.2, 0.25) is 0 Å². The van der Waals surface area contributed by atoms with E-state index >= 15 is 0 Å². The molecular formula is C83H162O17P2. The number of carbonyl (C=O) groups is 4. The second-order valence-corrected chi connectivity index (χ2v) is 33.3. The van der Waals surface area contributed by atoms with Crippen LogP contribution < -0.4 is 0 Å². The van der Waals surface area contributed by atoms with Crippen molar-refractivity contribution in [1.29, 1.82) is 0 Å². The number of phosphoric acid groups is 2. The molecule has 0 aromatic heterocycles. The van der Waals surface area contributed by atoms with Crippen molar-refractivity contribution in [2.45, 2.75) is 464 Å². The van der Waals surface area contributed by atoms with E-state index in [1.807, 2.05) is 0 Å². The van der Waals surface area contributed by atoms with Crippen molar-refractivity contribution in [2.24, 2.45) is 5.92 Å². The molecule has 102 heavy (non-hydrogen) atoms. The largest absolute Gasteiger partial charge is 0.472 e. The molecule has 2 unspecified atom stereocenters. The molecule has 0 amide bonds. The van der Waals surface area contributed by atoms with Gasteiger partial charge in [0.05, 0.1) is 26.4 Å². The topological polar surface area (TPSA) is 237 Å². The summed E-state index contributed by atoms with van der Waals surface area (Å²) in [6.45, 7) is 7.33. The SMILES string of the molecule is CCCCCCCCCCCCCCCCCCCCCCCCC(=O)O[C@H](COC(=O)CCCCCCCCCCCCCCCCCCC(C)C)COP(=O)(O)OC[C@@H](O)COP(=O)(O)OC[C@@H](COC(=O)CCCCCCCCC)OC(=O)CCCCCCCCCCCCCCCC. The summed E-state index contributed by atoms with van der Waals surface area (Å²) in [5.41, 5.74) is 0. The number of unbranched alkanes of at least 4 members (excludes halogenated alkanes) is 55. The van der Waals surface area contributed by atoms with Crippen LogP contribution in [0.15, 0.2) is 0 Å². The fourth-order valence-electron chi connectivity index (χ4n) is 12.9. The van der Waals surface area contributed by atoms with Crippen molar-refractivity contribution in [1.82, 2.24) is 0 Å². The van der Waals surface area contributed by atoms with Crippen LogP contribution in [0.5, 0.6) is 0 Å². The van der Waals surface area contributed by atoms with E-state index in [1.54, 1.807) is 0 Å². The standard InChI is InChI=1S/C83H162O17P2/c1-6-9-12-15-18-20-22-24-26-27-28-29-30-31-32-37-41-45-49-54-59-64-69-83(88)100-79(73-94-81(86)67-62-57-52-47-43-40-36-34-33-35-38-42-46-51-55-60-65-76(4)5)75-98-102(91,92)96-71-77(84)70-95-101(89,90)97-74-78(72-93-80(85)66-61-56-50-17-14-11-8-3)99-82(87)68-63-58-53-48-44-39-25-23-21-19-16-13-10-7-2/h76-79,84H,6-75H2,1-5H3,(H,89,90)(H,91,92)/t77-,78+,79+/m0/s1. The van der Waals surface area contributed by atoms with E-state index in [1.165, 1.54) is 257 Å². The quantitative estimate of drug-likeness (QED) is 0.0222. The molecule has 0 spiro atoms. The van der Waals surface area contributed by atoms with E-state index in [2.05, 4.69) is 34.6 Å². The number of hydrogen-bond acceptors (Lipinski definition) is 15. The van der Waals surface area contributed by atoms with Gasteiger partial charge in [-0.1, -0.05) is 394 Å². The van der Waals surface area contributed by atoms with Crippen molar-refractivity contribution >= 4 is 39.5 Å². The van der Waals surface area contributed by atoms with Gasteiger partial charge < -0.3 is 33.8 Å². The van der Waals surface area contributed by atoms with Crippen LogP contribution in [0.1, 0.15) is 446 Å². The van der Waals surface area contributed by atoms with Crippen LogP contribution in [0.4, 0.5) is 0 Å². The van der Waals surface area contributed by atoms with E-state index in [4.69, 9.17) is 37.0 Å². The van der Waals surface area contributed by atoms with Crippen molar-refractivity contribution < 1.29 is 80.2 Å². The molecule has 0 aromatic rings. The van der Waals surface area contributed by atoms with Gasteiger partial charge in [-0.05, 0) is 31.6 Å². The van der Waals surface area contributed by atoms with Gasteiger partial charge in [0.2, 0.25) is 0 Å². The number of carbonyl (C=O) groups excluding carboxylic acids is 4.